The summed E-state index contributed by atoms with van der Waals surface area (Å²) in [5.74, 6) is -0.455. The molecule has 1 unspecified atom stereocenters. The van der Waals surface area contributed by atoms with Gasteiger partial charge < -0.3 is 10.5 Å². The number of ether oxygens (including phenoxy) is 1. The summed E-state index contributed by atoms with van der Waals surface area (Å²) in [7, 11) is -3.54. The van der Waals surface area contributed by atoms with Crippen LogP contribution in [0.4, 0.5) is 5.69 Å². The maximum atomic E-state index is 11.7. The minimum atomic E-state index is -3.54. The Morgan fingerprint density at radius 1 is 1.56 bits per heavy atom. The first-order chi connectivity index (χ1) is 8.29. The molecular weight excluding hydrogens is 280 g/mol. The summed E-state index contributed by atoms with van der Waals surface area (Å²) in [6.07, 6.45) is 0.0366. The van der Waals surface area contributed by atoms with Gasteiger partial charge in [-0.15, -0.1) is 0 Å². The first-order valence-electron chi connectivity index (χ1n) is 5.02. The summed E-state index contributed by atoms with van der Waals surface area (Å²) < 4.78 is 29.8. The van der Waals surface area contributed by atoms with Crippen molar-refractivity contribution in [3.8, 4) is 5.75 Å². The highest BCUT2D eigenvalue weighted by Crippen LogP contribution is 2.36. The Kier molecular flexibility index (Phi) is 3.12. The van der Waals surface area contributed by atoms with Gasteiger partial charge in [-0.25, -0.2) is 8.42 Å². The lowest BCUT2D eigenvalue weighted by atomic mass is 10.2. The molecule has 1 heterocycles. The zero-order chi connectivity index (χ0) is 13.5. The van der Waals surface area contributed by atoms with Crippen LogP contribution in [0.25, 0.3) is 0 Å². The fourth-order valence-corrected chi connectivity index (χ4v) is 2.76. The Balaban J connectivity index is 2.54. The van der Waals surface area contributed by atoms with Crippen molar-refractivity contribution in [2.45, 2.75) is 6.10 Å². The number of nitrogens with two attached hydrogens (primary N) is 1. The third-order valence-corrected chi connectivity index (χ3v) is 3.89. The molecule has 6 nitrogen and oxygen atoms in total. The van der Waals surface area contributed by atoms with Crippen LogP contribution < -0.4 is 14.8 Å². The Hall–Kier alpha value is -1.47. The van der Waals surface area contributed by atoms with Gasteiger partial charge in [0.25, 0.3) is 5.91 Å². The molecule has 0 saturated heterocycles. The maximum absolute atomic E-state index is 11.7. The van der Waals surface area contributed by atoms with Gasteiger partial charge in [0.2, 0.25) is 10.0 Å². The van der Waals surface area contributed by atoms with Crippen LogP contribution in [0.2, 0.25) is 5.02 Å². The molecule has 1 amide bonds. The fourth-order valence-electron chi connectivity index (χ4n) is 1.69. The van der Waals surface area contributed by atoms with Crippen LogP contribution >= 0.6 is 11.6 Å². The number of primary amides is 1. The van der Waals surface area contributed by atoms with Gasteiger partial charge in [0.05, 0.1) is 18.5 Å². The summed E-state index contributed by atoms with van der Waals surface area (Å²) in [6, 6.07) is 4.52. The summed E-state index contributed by atoms with van der Waals surface area (Å²) in [5.41, 5.74) is 5.46. The van der Waals surface area contributed by atoms with Crippen molar-refractivity contribution in [1.29, 1.82) is 0 Å². The molecule has 2 N–H and O–H groups in total. The molecule has 18 heavy (non-hydrogen) atoms. The number of fused-ring (bicyclic) bond motifs is 1. The first-order valence-corrected chi connectivity index (χ1v) is 7.25. The first kappa shape index (κ1) is 13.0. The molecule has 1 aromatic rings. The van der Waals surface area contributed by atoms with Crippen LogP contribution in [-0.4, -0.2) is 33.2 Å². The van der Waals surface area contributed by atoms with Crippen molar-refractivity contribution < 1.29 is 17.9 Å². The lowest BCUT2D eigenvalue weighted by Crippen LogP contribution is -2.49. The number of anilines is 1. The smallest absolute Gasteiger partial charge is 0.260 e. The number of carbonyl (C=O) groups excluding carboxylic acids is 1. The standard InChI is InChI=1S/C10H11ClN2O4S/c1-18(15,16)13-5-9(10(12)14)17-8-3-2-6(11)4-7(8)13/h2-4,9H,5H2,1H3,(H2,12,14). The van der Waals surface area contributed by atoms with Crippen LogP contribution in [0.5, 0.6) is 5.75 Å². The average molecular weight is 291 g/mol. The molecule has 0 fully saturated rings. The average Bonchev–Trinajstić information content (AvgIpc) is 2.26. The second-order valence-corrected chi connectivity index (χ2v) is 6.26. The molecule has 0 spiro atoms. The molecule has 0 aromatic heterocycles. The maximum Gasteiger partial charge on any atom is 0.260 e. The summed E-state index contributed by atoms with van der Waals surface area (Å²) >= 11 is 5.82. The van der Waals surface area contributed by atoms with Gasteiger partial charge >= 0.3 is 0 Å². The number of hydrogen-bond acceptors (Lipinski definition) is 4. The molecule has 1 aliphatic heterocycles. The molecule has 8 heteroatoms. The number of amides is 1. The van der Waals surface area contributed by atoms with Gasteiger partial charge in [0, 0.05) is 5.02 Å². The van der Waals surface area contributed by atoms with Crippen LogP contribution in [-0.2, 0) is 14.8 Å². The zero-order valence-corrected chi connectivity index (χ0v) is 11.0. The van der Waals surface area contributed by atoms with Gasteiger partial charge in [0.15, 0.2) is 6.10 Å². The number of nitrogens with zero attached hydrogens (tertiary/aromatic N) is 1. The van der Waals surface area contributed by atoms with Crippen molar-refractivity contribution in [3.05, 3.63) is 23.2 Å². The predicted octanol–water partition coefficient (Wildman–Crippen LogP) is 0.352. The molecule has 2 rings (SSSR count). The third-order valence-electron chi connectivity index (χ3n) is 2.51. The second kappa shape index (κ2) is 4.33. The number of rotatable bonds is 2. The molecule has 0 saturated carbocycles. The quantitative estimate of drug-likeness (QED) is 0.851. The predicted molar refractivity (Wildman–Crippen MR) is 67.3 cm³/mol. The normalized spacial score (nSPS) is 19.0. The summed E-state index contributed by atoms with van der Waals surface area (Å²) in [5, 5.41) is 0.378. The van der Waals surface area contributed by atoms with Gasteiger partial charge in [-0.05, 0) is 18.2 Å². The Labute approximate surface area is 109 Å². The number of sulfonamides is 1. The highest BCUT2D eigenvalue weighted by atomic mass is 35.5. The molecule has 98 valence electrons. The SMILES string of the molecule is CS(=O)(=O)N1CC(C(N)=O)Oc2ccc(Cl)cc21. The number of carbonyl (C=O) groups is 1. The lowest BCUT2D eigenvalue weighted by molar-refractivity contribution is -0.124. The second-order valence-electron chi connectivity index (χ2n) is 3.92. The minimum Gasteiger partial charge on any atom is -0.476 e. The fraction of sp³-hybridized carbons (Fsp3) is 0.300. The molecule has 1 atom stereocenters. The van der Waals surface area contributed by atoms with Crippen LogP contribution in [0, 0.1) is 0 Å². The van der Waals surface area contributed by atoms with Crippen molar-refractivity contribution in [2.24, 2.45) is 5.73 Å². The van der Waals surface area contributed by atoms with E-state index in [-0.39, 0.29) is 12.3 Å². The molecule has 1 aromatic carbocycles. The largest absolute Gasteiger partial charge is 0.476 e. The van der Waals surface area contributed by atoms with E-state index >= 15 is 0 Å². The van der Waals surface area contributed by atoms with E-state index in [0.29, 0.717) is 10.7 Å². The molecular formula is C10H11ClN2O4S. The summed E-state index contributed by atoms with van der Waals surface area (Å²) in [4.78, 5) is 11.2. The van der Waals surface area contributed by atoms with E-state index in [2.05, 4.69) is 0 Å². The Bertz CT molecular complexity index is 602. The molecule has 0 radical (unpaired) electrons. The number of hydrogen-bond donors (Lipinski definition) is 1. The van der Waals surface area contributed by atoms with E-state index in [1.807, 2.05) is 0 Å². The monoisotopic (exact) mass is 290 g/mol. The highest BCUT2D eigenvalue weighted by Gasteiger charge is 2.33. The van der Waals surface area contributed by atoms with Gasteiger partial charge in [-0.3, -0.25) is 9.10 Å². The van der Waals surface area contributed by atoms with E-state index in [1.165, 1.54) is 12.1 Å². The van der Waals surface area contributed by atoms with Crippen molar-refractivity contribution in [3.63, 3.8) is 0 Å². The topological polar surface area (TPSA) is 89.7 Å². The number of halogens is 1. The highest BCUT2D eigenvalue weighted by molar-refractivity contribution is 7.92. The van der Waals surface area contributed by atoms with E-state index < -0.39 is 22.0 Å². The van der Waals surface area contributed by atoms with E-state index in [0.717, 1.165) is 10.6 Å². The van der Waals surface area contributed by atoms with Gasteiger partial charge in [-0.2, -0.15) is 0 Å². The minimum absolute atomic E-state index is 0.151. The Morgan fingerprint density at radius 3 is 2.78 bits per heavy atom. The molecule has 0 aliphatic carbocycles. The van der Waals surface area contributed by atoms with E-state index in [1.54, 1.807) is 6.07 Å². The third kappa shape index (κ3) is 2.37. The summed E-state index contributed by atoms with van der Waals surface area (Å²) in [6.45, 7) is -0.151. The van der Waals surface area contributed by atoms with Gasteiger partial charge in [-0.1, -0.05) is 11.6 Å². The van der Waals surface area contributed by atoms with Crippen LogP contribution in [0.1, 0.15) is 0 Å². The van der Waals surface area contributed by atoms with E-state index in [4.69, 9.17) is 22.1 Å². The lowest BCUT2D eigenvalue weighted by Gasteiger charge is -2.33. The van der Waals surface area contributed by atoms with E-state index in [9.17, 15) is 13.2 Å². The number of benzene rings is 1. The molecule has 1 aliphatic rings. The zero-order valence-electron chi connectivity index (χ0n) is 9.46. The van der Waals surface area contributed by atoms with Crippen LogP contribution in [0.15, 0.2) is 18.2 Å². The van der Waals surface area contributed by atoms with Crippen molar-refractivity contribution >= 4 is 33.2 Å². The molecule has 0 bridgehead atoms. The van der Waals surface area contributed by atoms with Crippen LogP contribution in [0.3, 0.4) is 0 Å². The Morgan fingerprint density at radius 2 is 2.22 bits per heavy atom. The van der Waals surface area contributed by atoms with Crippen molar-refractivity contribution in [1.82, 2.24) is 0 Å². The van der Waals surface area contributed by atoms with Crippen molar-refractivity contribution in [2.75, 3.05) is 17.1 Å². The van der Waals surface area contributed by atoms with Gasteiger partial charge in [0.1, 0.15) is 5.75 Å².